The van der Waals surface area contributed by atoms with E-state index in [9.17, 15) is 14.3 Å². The minimum absolute atomic E-state index is 0.0862. The number of hydrogen-bond donors (Lipinski definition) is 1. The SMILES string of the molecule is O=C(c1cccs1)N1C[C@H](O)[C@@H](n2cc(-c3ccc(F)cc3)nn2)C[C@@H]1c1ccccc1. The van der Waals surface area contributed by atoms with E-state index in [1.165, 1.54) is 23.5 Å². The Morgan fingerprint density at radius 1 is 1.06 bits per heavy atom. The summed E-state index contributed by atoms with van der Waals surface area (Å²) in [6.07, 6.45) is 1.45. The van der Waals surface area contributed by atoms with Gasteiger partial charge < -0.3 is 10.0 Å². The Bertz CT molecular complexity index is 1190. The molecule has 2 aromatic heterocycles. The molecule has 1 N–H and O–H groups in total. The number of carbonyl (C=O) groups excluding carboxylic acids is 1. The molecule has 1 amide bonds. The molecule has 3 atom stereocenters. The highest BCUT2D eigenvalue weighted by atomic mass is 32.1. The van der Waals surface area contributed by atoms with Crippen molar-refractivity contribution in [1.29, 1.82) is 0 Å². The lowest BCUT2D eigenvalue weighted by atomic mass is 9.90. The Labute approximate surface area is 188 Å². The van der Waals surface area contributed by atoms with Crippen LogP contribution < -0.4 is 0 Å². The van der Waals surface area contributed by atoms with Gasteiger partial charge >= 0.3 is 0 Å². The summed E-state index contributed by atoms with van der Waals surface area (Å²) < 4.78 is 14.9. The molecule has 0 radical (unpaired) electrons. The number of aliphatic hydroxyl groups excluding tert-OH is 1. The lowest BCUT2D eigenvalue weighted by Crippen LogP contribution is -2.49. The molecule has 1 fully saturated rings. The van der Waals surface area contributed by atoms with Crippen LogP contribution in [0.15, 0.2) is 78.3 Å². The van der Waals surface area contributed by atoms with Crippen LogP contribution in [0.5, 0.6) is 0 Å². The topological polar surface area (TPSA) is 71.2 Å². The molecule has 6 nitrogen and oxygen atoms in total. The third kappa shape index (κ3) is 3.94. The van der Waals surface area contributed by atoms with E-state index in [1.807, 2.05) is 41.8 Å². The fourth-order valence-corrected chi connectivity index (χ4v) is 4.88. The van der Waals surface area contributed by atoms with Crippen LogP contribution in [0.4, 0.5) is 4.39 Å². The second-order valence-corrected chi connectivity index (χ2v) is 8.77. The number of hydrogen-bond acceptors (Lipinski definition) is 5. The highest BCUT2D eigenvalue weighted by Crippen LogP contribution is 2.38. The van der Waals surface area contributed by atoms with Gasteiger partial charge in [-0.25, -0.2) is 9.07 Å². The van der Waals surface area contributed by atoms with Gasteiger partial charge in [-0.15, -0.1) is 16.4 Å². The van der Waals surface area contributed by atoms with Crippen molar-refractivity contribution in [1.82, 2.24) is 19.9 Å². The van der Waals surface area contributed by atoms with Crippen molar-refractivity contribution >= 4 is 17.2 Å². The van der Waals surface area contributed by atoms with Gasteiger partial charge in [-0.05, 0) is 47.7 Å². The maximum Gasteiger partial charge on any atom is 0.264 e. The number of thiophene rings is 1. The van der Waals surface area contributed by atoms with Gasteiger partial charge in [0, 0.05) is 12.1 Å². The zero-order valence-corrected chi connectivity index (χ0v) is 17.9. The first-order valence-corrected chi connectivity index (χ1v) is 11.2. The Morgan fingerprint density at radius 2 is 1.84 bits per heavy atom. The predicted octanol–water partition coefficient (Wildman–Crippen LogP) is 4.34. The number of amides is 1. The molecule has 0 bridgehead atoms. The Balaban J connectivity index is 1.45. The summed E-state index contributed by atoms with van der Waals surface area (Å²) in [6.45, 7) is 0.187. The molecular weight excluding hydrogens is 427 g/mol. The van der Waals surface area contributed by atoms with Crippen molar-refractivity contribution in [3.8, 4) is 11.3 Å². The Kier molecular flexibility index (Phi) is 5.55. The van der Waals surface area contributed by atoms with Crippen LogP contribution in [0, 0.1) is 5.82 Å². The molecule has 2 aromatic carbocycles. The first-order valence-electron chi connectivity index (χ1n) is 10.4. The molecule has 0 spiro atoms. The third-order valence-electron chi connectivity index (χ3n) is 5.84. The van der Waals surface area contributed by atoms with Gasteiger partial charge in [-0.1, -0.05) is 41.6 Å². The smallest absolute Gasteiger partial charge is 0.264 e. The number of rotatable bonds is 4. The van der Waals surface area contributed by atoms with Crippen LogP contribution in [0.1, 0.15) is 33.7 Å². The normalized spacial score (nSPS) is 20.9. The Hall–Kier alpha value is -3.36. The van der Waals surface area contributed by atoms with Crippen molar-refractivity contribution in [2.45, 2.75) is 24.6 Å². The van der Waals surface area contributed by atoms with Gasteiger partial charge in [-0.2, -0.15) is 0 Å². The molecule has 1 saturated heterocycles. The van der Waals surface area contributed by atoms with Crippen molar-refractivity contribution in [3.05, 3.63) is 94.6 Å². The molecule has 1 aliphatic rings. The van der Waals surface area contributed by atoms with Gasteiger partial charge in [-0.3, -0.25) is 4.79 Å². The second-order valence-electron chi connectivity index (χ2n) is 7.82. The number of carbonyl (C=O) groups is 1. The van der Waals surface area contributed by atoms with E-state index in [4.69, 9.17) is 0 Å². The molecule has 4 aromatic rings. The summed E-state index contributed by atoms with van der Waals surface area (Å²) in [5.41, 5.74) is 2.36. The number of aromatic nitrogens is 3. The summed E-state index contributed by atoms with van der Waals surface area (Å²) in [5.74, 6) is -0.401. The number of benzene rings is 2. The van der Waals surface area contributed by atoms with Crippen molar-refractivity contribution in [2.24, 2.45) is 0 Å². The first kappa shape index (κ1) is 20.5. The lowest BCUT2D eigenvalue weighted by molar-refractivity contribution is -0.00382. The molecule has 8 heteroatoms. The van der Waals surface area contributed by atoms with Crippen LogP contribution in [-0.2, 0) is 0 Å². The number of β-amino-alcohol motifs (C(OH)–C–C–N with tert-alkyl or cyclic N) is 1. The van der Waals surface area contributed by atoms with Crippen molar-refractivity contribution in [2.75, 3.05) is 6.54 Å². The molecule has 5 rings (SSSR count). The molecule has 0 unspecified atom stereocenters. The van der Waals surface area contributed by atoms with Gasteiger partial charge in [0.25, 0.3) is 5.91 Å². The van der Waals surface area contributed by atoms with Gasteiger partial charge in [0.15, 0.2) is 0 Å². The quantitative estimate of drug-likeness (QED) is 0.504. The summed E-state index contributed by atoms with van der Waals surface area (Å²) in [7, 11) is 0. The molecule has 0 saturated carbocycles. The van der Waals surface area contributed by atoms with Crippen LogP contribution >= 0.6 is 11.3 Å². The monoisotopic (exact) mass is 448 g/mol. The maximum absolute atomic E-state index is 13.3. The van der Waals surface area contributed by atoms with E-state index in [0.29, 0.717) is 17.0 Å². The van der Waals surface area contributed by atoms with Gasteiger partial charge in [0.05, 0.1) is 29.3 Å². The van der Waals surface area contributed by atoms with Crippen LogP contribution in [0.3, 0.4) is 0 Å². The number of likely N-dealkylation sites (tertiary alicyclic amines) is 1. The predicted molar refractivity (Wildman–Crippen MR) is 120 cm³/mol. The minimum atomic E-state index is -0.804. The average molecular weight is 449 g/mol. The summed E-state index contributed by atoms with van der Waals surface area (Å²) in [6, 6.07) is 19.0. The first-order chi connectivity index (χ1) is 15.6. The van der Waals surface area contributed by atoms with E-state index < -0.39 is 6.10 Å². The number of piperidine rings is 1. The van der Waals surface area contributed by atoms with E-state index in [1.54, 1.807) is 34.0 Å². The van der Waals surface area contributed by atoms with Crippen molar-refractivity contribution < 1.29 is 14.3 Å². The van der Waals surface area contributed by atoms with Crippen LogP contribution in [-0.4, -0.2) is 43.6 Å². The summed E-state index contributed by atoms with van der Waals surface area (Å²) in [4.78, 5) is 15.6. The van der Waals surface area contributed by atoms with Crippen molar-refractivity contribution in [3.63, 3.8) is 0 Å². The summed E-state index contributed by atoms with van der Waals surface area (Å²) >= 11 is 1.40. The third-order valence-corrected chi connectivity index (χ3v) is 6.69. The molecule has 32 heavy (non-hydrogen) atoms. The minimum Gasteiger partial charge on any atom is -0.389 e. The zero-order chi connectivity index (χ0) is 22.1. The van der Waals surface area contributed by atoms with E-state index >= 15 is 0 Å². The van der Waals surface area contributed by atoms with Gasteiger partial charge in [0.2, 0.25) is 0 Å². The highest BCUT2D eigenvalue weighted by molar-refractivity contribution is 7.12. The fourth-order valence-electron chi connectivity index (χ4n) is 4.20. The average Bonchev–Trinajstić information content (AvgIpc) is 3.52. The number of nitrogens with zero attached hydrogens (tertiary/aromatic N) is 4. The molecular formula is C24H21FN4O2S. The molecule has 162 valence electrons. The standard InChI is InChI=1S/C24H21FN4O2S/c25-18-10-8-16(9-11-18)19-14-29(27-26-19)21-13-20(17-5-2-1-3-6-17)28(15-22(21)30)24(31)23-7-4-12-32-23/h1-12,14,20-22,30H,13,15H2/t20-,21+,22+/m1/s1. The zero-order valence-electron chi connectivity index (χ0n) is 17.1. The van der Waals surface area contributed by atoms with Crippen LogP contribution in [0.25, 0.3) is 11.3 Å². The fraction of sp³-hybridized carbons (Fsp3) is 0.208. The highest BCUT2D eigenvalue weighted by Gasteiger charge is 2.39. The van der Waals surface area contributed by atoms with E-state index in [-0.39, 0.29) is 30.4 Å². The number of aliphatic hydroxyl groups is 1. The molecule has 0 aliphatic carbocycles. The van der Waals surface area contributed by atoms with Crippen LogP contribution in [0.2, 0.25) is 0 Å². The van der Waals surface area contributed by atoms with E-state index in [2.05, 4.69) is 10.3 Å². The largest absolute Gasteiger partial charge is 0.389 e. The summed E-state index contributed by atoms with van der Waals surface area (Å²) in [5, 5.41) is 21.3. The Morgan fingerprint density at radius 3 is 2.56 bits per heavy atom. The molecule has 3 heterocycles. The second kappa shape index (κ2) is 8.64. The maximum atomic E-state index is 13.3. The molecule has 1 aliphatic heterocycles. The number of halogens is 1. The lowest BCUT2D eigenvalue weighted by Gasteiger charge is -2.42. The van der Waals surface area contributed by atoms with Gasteiger partial charge in [0.1, 0.15) is 11.5 Å². The van der Waals surface area contributed by atoms with E-state index in [0.717, 1.165) is 11.1 Å².